The Kier molecular flexibility index (Phi) is 5.16. The van der Waals surface area contributed by atoms with Gasteiger partial charge in [-0.1, -0.05) is 25.1 Å². The Hall–Kier alpha value is -3.81. The van der Waals surface area contributed by atoms with E-state index in [2.05, 4.69) is 44.8 Å². The number of fused-ring (bicyclic) bond motifs is 2. The van der Waals surface area contributed by atoms with Crippen LogP contribution in [0.3, 0.4) is 0 Å². The quantitative estimate of drug-likeness (QED) is 0.374. The number of nitrogens with zero attached hydrogens (tertiary/aromatic N) is 4. The van der Waals surface area contributed by atoms with Crippen LogP contribution in [0, 0.1) is 23.7 Å². The number of imidazole rings is 1. The number of benzene rings is 2. The third-order valence-corrected chi connectivity index (χ3v) is 10.1. The van der Waals surface area contributed by atoms with Gasteiger partial charge in [0.05, 0.1) is 30.4 Å². The number of para-hydroxylation sites is 1. The first kappa shape index (κ1) is 24.0. The SMILES string of the molecule is CCC(=O)N[C@H]1C2C[C@@H]3CN(C(=O)c4cc(OC)c5c(c4)nc(-c4cc6ccccc6n4CC4CC4)n5C)[C@H]1[C@H]23. The van der Waals surface area contributed by atoms with Crippen LogP contribution in [0.25, 0.3) is 33.5 Å². The molecule has 8 nitrogen and oxygen atoms in total. The number of hydrogen-bond donors (Lipinski definition) is 1. The van der Waals surface area contributed by atoms with E-state index < -0.39 is 0 Å². The van der Waals surface area contributed by atoms with Gasteiger partial charge in [0.15, 0.2) is 5.82 Å². The smallest absolute Gasteiger partial charge is 0.254 e. The molecule has 3 saturated carbocycles. The average molecular weight is 538 g/mol. The third-order valence-electron chi connectivity index (χ3n) is 10.1. The van der Waals surface area contributed by atoms with Crippen molar-refractivity contribution in [1.29, 1.82) is 0 Å². The average Bonchev–Trinajstić information content (AvgIpc) is 3.60. The van der Waals surface area contributed by atoms with Gasteiger partial charge in [-0.25, -0.2) is 4.98 Å². The first-order chi connectivity index (χ1) is 19.5. The number of aromatic nitrogens is 3. The summed E-state index contributed by atoms with van der Waals surface area (Å²) in [4.78, 5) is 33.3. The molecule has 4 aliphatic rings. The van der Waals surface area contributed by atoms with E-state index >= 15 is 0 Å². The summed E-state index contributed by atoms with van der Waals surface area (Å²) in [7, 11) is 3.68. The second-order valence-electron chi connectivity index (χ2n) is 12.3. The van der Waals surface area contributed by atoms with Crippen molar-refractivity contribution < 1.29 is 14.3 Å². The zero-order valence-corrected chi connectivity index (χ0v) is 23.3. The van der Waals surface area contributed by atoms with Crippen LogP contribution in [0.15, 0.2) is 42.5 Å². The summed E-state index contributed by atoms with van der Waals surface area (Å²) in [6, 6.07) is 14.7. The molecule has 5 atom stereocenters. The molecule has 3 heterocycles. The number of likely N-dealkylation sites (tertiary alicyclic amines) is 1. The highest BCUT2D eigenvalue weighted by Crippen LogP contribution is 2.61. The molecule has 2 amide bonds. The van der Waals surface area contributed by atoms with Gasteiger partial charge in [-0.05, 0) is 67.2 Å². The summed E-state index contributed by atoms with van der Waals surface area (Å²) >= 11 is 0. The zero-order chi connectivity index (χ0) is 27.3. The molecule has 1 N–H and O–H groups in total. The molecular weight excluding hydrogens is 502 g/mol. The fourth-order valence-corrected chi connectivity index (χ4v) is 7.89. The minimum absolute atomic E-state index is 0.00356. The Labute approximate surface area is 233 Å². The predicted molar refractivity (Wildman–Crippen MR) is 153 cm³/mol. The van der Waals surface area contributed by atoms with E-state index in [9.17, 15) is 9.59 Å². The molecule has 1 saturated heterocycles. The molecule has 1 aliphatic heterocycles. The van der Waals surface area contributed by atoms with Crippen molar-refractivity contribution >= 4 is 33.8 Å². The fourth-order valence-electron chi connectivity index (χ4n) is 7.89. The Morgan fingerprint density at radius 3 is 2.75 bits per heavy atom. The summed E-state index contributed by atoms with van der Waals surface area (Å²) in [5.41, 5.74) is 4.56. The van der Waals surface area contributed by atoms with Crippen LogP contribution in [-0.4, -0.2) is 56.6 Å². The van der Waals surface area contributed by atoms with E-state index in [4.69, 9.17) is 9.72 Å². The number of rotatable bonds is 7. The molecule has 0 bridgehead atoms. The highest BCUT2D eigenvalue weighted by molar-refractivity contribution is 6.00. The number of carbonyl (C=O) groups is 2. The van der Waals surface area contributed by atoms with Gasteiger partial charge < -0.3 is 24.1 Å². The van der Waals surface area contributed by atoms with E-state index in [0.717, 1.165) is 48.0 Å². The lowest BCUT2D eigenvalue weighted by atomic mass is 9.50. The molecular formula is C32H35N5O3. The van der Waals surface area contributed by atoms with Crippen molar-refractivity contribution in [1.82, 2.24) is 24.3 Å². The number of ether oxygens (including phenoxy) is 1. The number of methoxy groups -OCH3 is 1. The Morgan fingerprint density at radius 2 is 1.98 bits per heavy atom. The Balaban J connectivity index is 1.18. The van der Waals surface area contributed by atoms with Crippen molar-refractivity contribution in [3.63, 3.8) is 0 Å². The fraction of sp³-hybridized carbons (Fsp3) is 0.469. The van der Waals surface area contributed by atoms with Crippen molar-refractivity contribution in [2.75, 3.05) is 13.7 Å². The lowest BCUT2D eigenvalue weighted by Gasteiger charge is -2.59. The van der Waals surface area contributed by atoms with Crippen LogP contribution < -0.4 is 10.1 Å². The summed E-state index contributed by atoms with van der Waals surface area (Å²) in [6.07, 6.45) is 4.11. The lowest BCUT2D eigenvalue weighted by molar-refractivity contribution is -0.128. The van der Waals surface area contributed by atoms with Crippen LogP contribution >= 0.6 is 0 Å². The van der Waals surface area contributed by atoms with Gasteiger partial charge >= 0.3 is 0 Å². The molecule has 206 valence electrons. The van der Waals surface area contributed by atoms with Crippen molar-refractivity contribution in [3.05, 3.63) is 48.0 Å². The molecule has 0 spiro atoms. The van der Waals surface area contributed by atoms with E-state index in [1.54, 1.807) is 7.11 Å². The highest BCUT2D eigenvalue weighted by atomic mass is 16.5. The van der Waals surface area contributed by atoms with E-state index in [1.807, 2.05) is 31.0 Å². The number of aryl methyl sites for hydroxylation is 1. The molecule has 40 heavy (non-hydrogen) atoms. The number of nitrogens with one attached hydrogen (secondary N) is 1. The van der Waals surface area contributed by atoms with Gasteiger partial charge in [0.25, 0.3) is 5.91 Å². The normalized spacial score (nSPS) is 26.5. The number of hydrogen-bond acceptors (Lipinski definition) is 4. The van der Waals surface area contributed by atoms with Gasteiger partial charge in [-0.3, -0.25) is 9.59 Å². The summed E-state index contributed by atoms with van der Waals surface area (Å²) in [5, 5.41) is 4.41. The van der Waals surface area contributed by atoms with Gasteiger partial charge in [-0.15, -0.1) is 0 Å². The highest BCUT2D eigenvalue weighted by Gasteiger charge is 2.68. The molecule has 0 radical (unpaired) electrons. The van der Waals surface area contributed by atoms with Crippen LogP contribution in [-0.2, 0) is 18.4 Å². The first-order valence-corrected chi connectivity index (χ1v) is 14.7. The maximum atomic E-state index is 14.0. The third kappa shape index (κ3) is 3.34. The predicted octanol–water partition coefficient (Wildman–Crippen LogP) is 4.60. The monoisotopic (exact) mass is 537 g/mol. The largest absolute Gasteiger partial charge is 0.494 e. The summed E-state index contributed by atoms with van der Waals surface area (Å²) in [6.45, 7) is 3.63. The summed E-state index contributed by atoms with van der Waals surface area (Å²) in [5.74, 6) is 3.89. The maximum Gasteiger partial charge on any atom is 0.254 e. The van der Waals surface area contributed by atoms with Gasteiger partial charge in [0, 0.05) is 43.0 Å². The standard InChI is InChI=1S/C32H35N5O3/c1-4-26(38)34-28-21-11-20-16-37(30(28)27(20)21)32(39)19-12-22-29(25(14-19)40-3)35(2)31(33-22)24-13-18-7-5-6-8-23(18)36(24)15-17-9-10-17/h5-8,12-14,17,20-21,27-28,30H,4,9-11,15-16H2,1-3H3,(H,34,38)/t20-,21?,27+,28+,30+/m1/s1. The second-order valence-corrected chi connectivity index (χ2v) is 12.3. The topological polar surface area (TPSA) is 81.4 Å². The minimum Gasteiger partial charge on any atom is -0.494 e. The maximum absolute atomic E-state index is 14.0. The van der Waals surface area contributed by atoms with Gasteiger partial charge in [0.1, 0.15) is 11.3 Å². The molecule has 4 fully saturated rings. The number of carbonyl (C=O) groups excluding carboxylic acids is 2. The molecule has 8 rings (SSSR count). The summed E-state index contributed by atoms with van der Waals surface area (Å²) < 4.78 is 10.4. The van der Waals surface area contributed by atoms with Crippen LogP contribution in [0.1, 0.15) is 43.0 Å². The van der Waals surface area contributed by atoms with E-state index in [-0.39, 0.29) is 23.9 Å². The number of amides is 2. The van der Waals surface area contributed by atoms with Crippen LogP contribution in [0.2, 0.25) is 0 Å². The minimum atomic E-state index is 0.00356. The Morgan fingerprint density at radius 1 is 1.15 bits per heavy atom. The van der Waals surface area contributed by atoms with Gasteiger partial charge in [0.2, 0.25) is 5.91 Å². The van der Waals surface area contributed by atoms with Gasteiger partial charge in [-0.2, -0.15) is 0 Å². The molecule has 3 aliphatic carbocycles. The molecule has 8 heteroatoms. The molecule has 4 aromatic rings. The van der Waals surface area contributed by atoms with Crippen molar-refractivity contribution in [2.45, 2.75) is 51.2 Å². The molecule has 2 aromatic carbocycles. The Bertz CT molecular complexity index is 1700. The first-order valence-electron chi connectivity index (χ1n) is 14.7. The van der Waals surface area contributed by atoms with Crippen LogP contribution in [0.4, 0.5) is 0 Å². The van der Waals surface area contributed by atoms with Crippen molar-refractivity contribution in [2.24, 2.45) is 30.7 Å². The van der Waals surface area contributed by atoms with E-state index in [1.165, 1.54) is 23.7 Å². The molecule has 1 unspecified atom stereocenters. The lowest BCUT2D eigenvalue weighted by Crippen LogP contribution is -2.70. The van der Waals surface area contributed by atoms with E-state index in [0.29, 0.717) is 35.5 Å². The van der Waals surface area contributed by atoms with Crippen LogP contribution in [0.5, 0.6) is 5.75 Å². The zero-order valence-electron chi connectivity index (χ0n) is 23.3. The molecule has 2 aromatic heterocycles. The van der Waals surface area contributed by atoms with Crippen molar-refractivity contribution in [3.8, 4) is 17.3 Å². The second kappa shape index (κ2) is 8.59.